The van der Waals surface area contributed by atoms with Crippen molar-refractivity contribution in [3.05, 3.63) is 46.9 Å². The Bertz CT molecular complexity index is 1210. The number of hydrogen-bond acceptors (Lipinski definition) is 6. The maximum atomic E-state index is 13.2. The number of nitrogens with one attached hydrogen (secondary N) is 2. The smallest absolute Gasteiger partial charge is 0.283 e. The fourth-order valence-corrected chi connectivity index (χ4v) is 4.52. The summed E-state index contributed by atoms with van der Waals surface area (Å²) in [6, 6.07) is 11.3. The van der Waals surface area contributed by atoms with Gasteiger partial charge in [-0.1, -0.05) is 18.7 Å². The third-order valence-electron chi connectivity index (χ3n) is 5.72. The van der Waals surface area contributed by atoms with Crippen LogP contribution >= 0.6 is 11.8 Å². The summed E-state index contributed by atoms with van der Waals surface area (Å²) in [6.07, 6.45) is 4.23. The predicted octanol–water partition coefficient (Wildman–Crippen LogP) is 3.65. The van der Waals surface area contributed by atoms with E-state index in [9.17, 15) is 9.59 Å². The number of hydrogen-bond donors (Lipinski definition) is 2. The fourth-order valence-electron chi connectivity index (χ4n) is 3.57. The van der Waals surface area contributed by atoms with Crippen LogP contribution in [-0.4, -0.2) is 39.3 Å². The number of nitrogens with zero attached hydrogens (tertiary/aromatic N) is 3. The van der Waals surface area contributed by atoms with E-state index < -0.39 is 0 Å². The highest BCUT2D eigenvalue weighted by molar-refractivity contribution is 7.99. The van der Waals surface area contributed by atoms with Crippen molar-refractivity contribution in [2.75, 3.05) is 18.9 Å². The molecule has 3 aromatic rings. The van der Waals surface area contributed by atoms with Crippen LogP contribution in [-0.2, 0) is 4.79 Å². The molecule has 2 N–H and O–H groups in total. The van der Waals surface area contributed by atoms with Crippen molar-refractivity contribution < 1.29 is 9.53 Å². The first-order valence-electron chi connectivity index (χ1n) is 11.2. The van der Waals surface area contributed by atoms with Gasteiger partial charge in [-0.3, -0.25) is 14.2 Å². The SMILES string of the molecule is CC1CC1COc1ccc(-n2c(SCCCC(=O)NCCC#N)nc3cc[nH]c3c2=O)cc1. The summed E-state index contributed by atoms with van der Waals surface area (Å²) in [5.41, 5.74) is 1.63. The molecule has 0 radical (unpaired) electrons. The van der Waals surface area contributed by atoms with Crippen molar-refractivity contribution in [1.82, 2.24) is 19.9 Å². The van der Waals surface area contributed by atoms with E-state index in [0.29, 0.717) is 59.4 Å². The molecule has 1 fully saturated rings. The van der Waals surface area contributed by atoms with Crippen LogP contribution in [0.25, 0.3) is 16.7 Å². The lowest BCUT2D eigenvalue weighted by molar-refractivity contribution is -0.121. The van der Waals surface area contributed by atoms with Gasteiger partial charge < -0.3 is 15.0 Å². The van der Waals surface area contributed by atoms with E-state index in [1.807, 2.05) is 30.3 Å². The van der Waals surface area contributed by atoms with E-state index in [1.54, 1.807) is 16.8 Å². The largest absolute Gasteiger partial charge is 0.493 e. The Morgan fingerprint density at radius 1 is 1.36 bits per heavy atom. The molecule has 1 aliphatic carbocycles. The first kappa shape index (κ1) is 22.9. The Kier molecular flexibility index (Phi) is 7.35. The number of amides is 1. The number of carbonyl (C=O) groups is 1. The molecule has 1 saturated carbocycles. The average molecular weight is 466 g/mol. The van der Waals surface area contributed by atoms with Crippen LogP contribution in [0.1, 0.15) is 32.6 Å². The van der Waals surface area contributed by atoms with Gasteiger partial charge in [-0.25, -0.2) is 4.98 Å². The zero-order valence-electron chi connectivity index (χ0n) is 18.5. The Hall–Kier alpha value is -3.25. The van der Waals surface area contributed by atoms with Crippen LogP contribution in [0.15, 0.2) is 46.5 Å². The Labute approximate surface area is 196 Å². The van der Waals surface area contributed by atoms with Gasteiger partial charge in [-0.2, -0.15) is 5.26 Å². The van der Waals surface area contributed by atoms with Crippen LogP contribution in [0.5, 0.6) is 5.75 Å². The molecule has 9 heteroatoms. The number of H-pyrrole nitrogens is 1. The Morgan fingerprint density at radius 2 is 2.15 bits per heavy atom. The fraction of sp³-hybridized carbons (Fsp3) is 0.417. The molecule has 2 heterocycles. The van der Waals surface area contributed by atoms with Crippen LogP contribution < -0.4 is 15.6 Å². The number of benzene rings is 1. The zero-order chi connectivity index (χ0) is 23.2. The van der Waals surface area contributed by atoms with Gasteiger partial charge in [0.15, 0.2) is 5.16 Å². The maximum absolute atomic E-state index is 13.2. The number of carbonyl (C=O) groups excluding carboxylic acids is 1. The van der Waals surface area contributed by atoms with Gasteiger partial charge in [0, 0.05) is 24.9 Å². The third-order valence-corrected chi connectivity index (χ3v) is 6.75. The Balaban J connectivity index is 1.46. The number of ether oxygens (including phenoxy) is 1. The van der Waals surface area contributed by atoms with Gasteiger partial charge in [0.25, 0.3) is 5.56 Å². The summed E-state index contributed by atoms with van der Waals surface area (Å²) in [7, 11) is 0. The minimum atomic E-state index is -0.165. The number of aromatic amines is 1. The van der Waals surface area contributed by atoms with Crippen molar-refractivity contribution in [1.29, 1.82) is 5.26 Å². The van der Waals surface area contributed by atoms with Crippen molar-refractivity contribution >= 4 is 28.7 Å². The second-order valence-electron chi connectivity index (χ2n) is 8.26. The van der Waals surface area contributed by atoms with E-state index in [2.05, 4.69) is 22.2 Å². The van der Waals surface area contributed by atoms with Gasteiger partial charge in [0.05, 0.1) is 30.3 Å². The first-order chi connectivity index (χ1) is 16.1. The molecule has 0 saturated heterocycles. The summed E-state index contributed by atoms with van der Waals surface area (Å²) in [4.78, 5) is 32.7. The van der Waals surface area contributed by atoms with E-state index >= 15 is 0 Å². The molecular weight excluding hydrogens is 438 g/mol. The minimum absolute atomic E-state index is 0.0755. The summed E-state index contributed by atoms with van der Waals surface area (Å²) in [5, 5.41) is 11.8. The van der Waals surface area contributed by atoms with E-state index in [0.717, 1.165) is 18.3 Å². The van der Waals surface area contributed by atoms with Gasteiger partial charge in [-0.15, -0.1) is 0 Å². The van der Waals surface area contributed by atoms with Crippen molar-refractivity contribution in [2.24, 2.45) is 11.8 Å². The second-order valence-corrected chi connectivity index (χ2v) is 9.32. The van der Waals surface area contributed by atoms with Crippen molar-refractivity contribution in [3.8, 4) is 17.5 Å². The number of thioether (sulfide) groups is 1. The Morgan fingerprint density at radius 3 is 2.88 bits per heavy atom. The quantitative estimate of drug-likeness (QED) is 0.254. The van der Waals surface area contributed by atoms with Crippen LogP contribution in [0, 0.1) is 23.2 Å². The molecule has 1 amide bonds. The van der Waals surface area contributed by atoms with Crippen LogP contribution in [0.2, 0.25) is 0 Å². The monoisotopic (exact) mass is 465 g/mol. The van der Waals surface area contributed by atoms with Gasteiger partial charge >= 0.3 is 0 Å². The third kappa shape index (κ3) is 5.76. The predicted molar refractivity (Wildman–Crippen MR) is 128 cm³/mol. The number of rotatable bonds is 11. The molecule has 1 aromatic carbocycles. The molecule has 172 valence electrons. The van der Waals surface area contributed by atoms with E-state index in [4.69, 9.17) is 10.00 Å². The standard InChI is InChI=1S/C24H27N5O3S/c1-16-14-17(16)15-32-19-7-5-18(6-8-19)29-23(31)22-20(9-12-27-22)28-24(29)33-13-2-4-21(30)26-11-3-10-25/h5-9,12,16-17,27H,2-4,11,13-15H2,1H3,(H,26,30). The summed E-state index contributed by atoms with van der Waals surface area (Å²) in [6.45, 7) is 3.32. The highest BCUT2D eigenvalue weighted by atomic mass is 32.2. The van der Waals surface area contributed by atoms with Crippen molar-refractivity contribution in [2.45, 2.75) is 37.8 Å². The minimum Gasteiger partial charge on any atom is -0.493 e. The van der Waals surface area contributed by atoms with Gasteiger partial charge in [0.2, 0.25) is 5.91 Å². The molecule has 1 aliphatic rings. The summed E-state index contributed by atoms with van der Waals surface area (Å²) in [5.74, 6) is 2.73. The van der Waals surface area contributed by atoms with Gasteiger partial charge in [-0.05, 0) is 55.0 Å². The molecule has 33 heavy (non-hydrogen) atoms. The van der Waals surface area contributed by atoms with Crippen LogP contribution in [0.4, 0.5) is 0 Å². The summed E-state index contributed by atoms with van der Waals surface area (Å²) >= 11 is 1.45. The second kappa shape index (κ2) is 10.6. The average Bonchev–Trinajstić information content (AvgIpc) is 3.31. The molecule has 0 bridgehead atoms. The van der Waals surface area contributed by atoms with Crippen LogP contribution in [0.3, 0.4) is 0 Å². The first-order valence-corrected chi connectivity index (χ1v) is 12.1. The highest BCUT2D eigenvalue weighted by Gasteiger charge is 2.32. The lowest BCUT2D eigenvalue weighted by atomic mass is 10.3. The molecule has 2 unspecified atom stereocenters. The molecular formula is C24H27N5O3S. The molecule has 8 nitrogen and oxygen atoms in total. The highest BCUT2D eigenvalue weighted by Crippen LogP contribution is 2.37. The summed E-state index contributed by atoms with van der Waals surface area (Å²) < 4.78 is 7.48. The number of nitriles is 1. The maximum Gasteiger partial charge on any atom is 0.283 e. The molecule has 2 aromatic heterocycles. The van der Waals surface area contributed by atoms with Gasteiger partial charge in [0.1, 0.15) is 11.3 Å². The normalized spacial score (nSPS) is 17.0. The lowest BCUT2D eigenvalue weighted by Gasteiger charge is -2.13. The molecule has 0 spiro atoms. The van der Waals surface area contributed by atoms with E-state index in [-0.39, 0.29) is 11.5 Å². The van der Waals surface area contributed by atoms with Crippen molar-refractivity contribution in [3.63, 3.8) is 0 Å². The topological polar surface area (TPSA) is 113 Å². The molecule has 0 aliphatic heterocycles. The lowest BCUT2D eigenvalue weighted by Crippen LogP contribution is -2.24. The molecule has 2 atom stereocenters. The van der Waals surface area contributed by atoms with E-state index in [1.165, 1.54) is 18.2 Å². The number of aromatic nitrogens is 3. The zero-order valence-corrected chi connectivity index (χ0v) is 19.4. The number of fused-ring (bicyclic) bond motifs is 1. The molecule has 4 rings (SSSR count).